The summed E-state index contributed by atoms with van der Waals surface area (Å²) in [7, 11) is 0. The zero-order chi connectivity index (χ0) is 29.2. The van der Waals surface area contributed by atoms with E-state index in [1.165, 1.54) is 16.7 Å². The van der Waals surface area contributed by atoms with Crippen molar-refractivity contribution in [2.75, 3.05) is 12.5 Å². The standard InChI is InChI=1S/C24H25ClN6O7S2/c1-24(2,3)22(35)38-10-37-21(34)17-13(39-11-6-8-27-9-7-11)5-4-12-14(20(33)31(12)17)28-19(32)16(30-36)15-18(25)40-23(26)29-15/h6-9,12,14,36H,4-5,10H2,1-3H3,(H2,26,29)(H,28,32)/b30-16-/t12-,14+/m1/s1. The number of allylic oxidation sites excluding steroid dienone is 1. The van der Waals surface area contributed by atoms with Crippen molar-refractivity contribution < 1.29 is 33.9 Å². The fourth-order valence-corrected chi connectivity index (χ4v) is 5.93. The smallest absolute Gasteiger partial charge is 0.358 e. The number of ether oxygens (including phenoxy) is 2. The van der Waals surface area contributed by atoms with Crippen LogP contribution in [-0.2, 0) is 28.7 Å². The predicted octanol–water partition coefficient (Wildman–Crippen LogP) is 2.54. The van der Waals surface area contributed by atoms with E-state index in [0.29, 0.717) is 17.7 Å². The van der Waals surface area contributed by atoms with E-state index in [4.69, 9.17) is 26.8 Å². The highest BCUT2D eigenvalue weighted by molar-refractivity contribution is 8.03. The second-order valence-corrected chi connectivity index (χ2v) is 12.5. The van der Waals surface area contributed by atoms with Gasteiger partial charge in [-0.05, 0) is 45.7 Å². The number of pyridine rings is 1. The summed E-state index contributed by atoms with van der Waals surface area (Å²) in [4.78, 5) is 62.0. The van der Waals surface area contributed by atoms with Crippen LogP contribution in [0.5, 0.6) is 0 Å². The van der Waals surface area contributed by atoms with Gasteiger partial charge in [-0.15, -0.1) is 0 Å². The minimum Gasteiger partial charge on any atom is -0.427 e. The molecule has 2 aromatic heterocycles. The van der Waals surface area contributed by atoms with Crippen LogP contribution in [-0.4, -0.2) is 68.4 Å². The molecular weight excluding hydrogens is 584 g/mol. The lowest BCUT2D eigenvalue weighted by molar-refractivity contribution is -0.174. The average Bonchev–Trinajstić information content (AvgIpc) is 3.24. The van der Waals surface area contributed by atoms with Crippen LogP contribution in [0, 0.1) is 5.41 Å². The summed E-state index contributed by atoms with van der Waals surface area (Å²) in [6.07, 6.45) is 3.99. The van der Waals surface area contributed by atoms with Crippen molar-refractivity contribution in [2.45, 2.75) is 50.6 Å². The van der Waals surface area contributed by atoms with Crippen LogP contribution in [0.1, 0.15) is 39.3 Å². The molecule has 0 bridgehead atoms. The molecule has 4 N–H and O–H groups in total. The molecule has 16 heteroatoms. The molecule has 13 nitrogen and oxygen atoms in total. The van der Waals surface area contributed by atoms with E-state index in [2.05, 4.69) is 20.4 Å². The number of nitrogens with one attached hydrogen (secondary N) is 1. The number of nitrogens with two attached hydrogens (primary N) is 1. The number of anilines is 1. The Bertz CT molecular complexity index is 1410. The van der Waals surface area contributed by atoms with E-state index < -0.39 is 53.8 Å². The lowest BCUT2D eigenvalue weighted by atomic mass is 9.86. The van der Waals surface area contributed by atoms with Crippen molar-refractivity contribution >= 4 is 69.3 Å². The lowest BCUT2D eigenvalue weighted by Gasteiger charge is -2.50. The zero-order valence-electron chi connectivity index (χ0n) is 21.5. The van der Waals surface area contributed by atoms with Gasteiger partial charge in [0.25, 0.3) is 11.8 Å². The summed E-state index contributed by atoms with van der Waals surface area (Å²) in [5, 5.41) is 15.0. The molecule has 0 unspecified atom stereocenters. The van der Waals surface area contributed by atoms with Gasteiger partial charge in [-0.25, -0.2) is 9.78 Å². The third-order valence-electron chi connectivity index (χ3n) is 5.90. The predicted molar refractivity (Wildman–Crippen MR) is 145 cm³/mol. The first kappa shape index (κ1) is 29.3. The number of nitrogens with zero attached hydrogens (tertiary/aromatic N) is 4. The normalized spacial score (nSPS) is 19.1. The van der Waals surface area contributed by atoms with Gasteiger partial charge < -0.3 is 25.7 Å². The molecule has 2 atom stereocenters. The largest absolute Gasteiger partial charge is 0.427 e. The number of carbonyl (C=O) groups excluding carboxylic acids is 4. The summed E-state index contributed by atoms with van der Waals surface area (Å²) in [6, 6.07) is 1.90. The number of esters is 2. The number of halogens is 1. The van der Waals surface area contributed by atoms with Crippen LogP contribution in [0.3, 0.4) is 0 Å². The topological polar surface area (TPSA) is 186 Å². The molecule has 0 radical (unpaired) electrons. The molecule has 0 aliphatic carbocycles. The maximum absolute atomic E-state index is 13.3. The second-order valence-electron chi connectivity index (χ2n) is 9.68. The number of fused-ring (bicyclic) bond motifs is 1. The minimum atomic E-state index is -1.02. The summed E-state index contributed by atoms with van der Waals surface area (Å²) in [6.45, 7) is 4.34. The molecule has 0 aromatic carbocycles. The van der Waals surface area contributed by atoms with E-state index in [0.717, 1.165) is 16.2 Å². The van der Waals surface area contributed by atoms with E-state index in [-0.39, 0.29) is 20.9 Å². The van der Waals surface area contributed by atoms with Crippen LogP contribution in [0.15, 0.2) is 45.2 Å². The maximum Gasteiger partial charge on any atom is 0.358 e. The van der Waals surface area contributed by atoms with Gasteiger partial charge in [0.2, 0.25) is 6.79 Å². The summed E-state index contributed by atoms with van der Waals surface area (Å²) >= 11 is 8.21. The highest BCUT2D eigenvalue weighted by atomic mass is 35.5. The quantitative estimate of drug-likeness (QED) is 0.0998. The summed E-state index contributed by atoms with van der Waals surface area (Å²) < 4.78 is 10.3. The Morgan fingerprint density at radius 2 is 2.00 bits per heavy atom. The van der Waals surface area contributed by atoms with Gasteiger partial charge in [0.05, 0.1) is 11.5 Å². The van der Waals surface area contributed by atoms with Gasteiger partial charge >= 0.3 is 11.9 Å². The van der Waals surface area contributed by atoms with E-state index >= 15 is 0 Å². The number of amides is 2. The molecule has 2 aromatic rings. The Morgan fingerprint density at radius 3 is 2.60 bits per heavy atom. The third-order valence-corrected chi connectivity index (χ3v) is 8.13. The zero-order valence-corrected chi connectivity index (χ0v) is 23.9. The fourth-order valence-electron chi connectivity index (χ4n) is 3.96. The number of thioether (sulfide) groups is 1. The molecule has 1 fully saturated rings. The third kappa shape index (κ3) is 6.05. The number of nitrogen functional groups attached to an aromatic ring is 1. The lowest BCUT2D eigenvalue weighted by Crippen LogP contribution is -2.72. The second kappa shape index (κ2) is 11.8. The monoisotopic (exact) mass is 608 g/mol. The number of hydrogen-bond donors (Lipinski definition) is 3. The first-order valence-electron chi connectivity index (χ1n) is 11.9. The van der Waals surface area contributed by atoms with E-state index in [1.807, 2.05) is 0 Å². The van der Waals surface area contributed by atoms with Crippen LogP contribution >= 0.6 is 34.7 Å². The summed E-state index contributed by atoms with van der Waals surface area (Å²) in [5.74, 6) is -2.89. The van der Waals surface area contributed by atoms with Crippen molar-refractivity contribution in [3.63, 3.8) is 0 Å². The van der Waals surface area contributed by atoms with Gasteiger partial charge in [0.15, 0.2) is 10.8 Å². The number of aromatic nitrogens is 2. The van der Waals surface area contributed by atoms with Crippen LogP contribution < -0.4 is 11.1 Å². The molecular formula is C24H25ClN6O7S2. The number of carbonyl (C=O) groups is 4. The fraction of sp³-hybridized carbons (Fsp3) is 0.375. The SMILES string of the molecule is CC(C)(C)C(=O)OCOC(=O)C1=C(Sc2ccncc2)CC[C@@H]2[C@H](NC(=O)/C(=N\O)c3nc(N)sc3Cl)C(=O)N12. The van der Waals surface area contributed by atoms with Crippen molar-refractivity contribution in [3.05, 3.63) is 45.2 Å². The number of oxime groups is 1. The minimum absolute atomic E-state index is 0.00765. The molecule has 0 spiro atoms. The molecule has 212 valence electrons. The van der Waals surface area contributed by atoms with E-state index in [1.54, 1.807) is 45.3 Å². The van der Waals surface area contributed by atoms with Crippen molar-refractivity contribution in [1.29, 1.82) is 0 Å². The van der Waals surface area contributed by atoms with Crippen LogP contribution in [0.25, 0.3) is 0 Å². The maximum atomic E-state index is 13.3. The Balaban J connectivity index is 1.53. The van der Waals surface area contributed by atoms with Crippen molar-refractivity contribution in [2.24, 2.45) is 10.6 Å². The summed E-state index contributed by atoms with van der Waals surface area (Å²) in [5.41, 5.74) is 4.18. The molecule has 40 heavy (non-hydrogen) atoms. The highest BCUT2D eigenvalue weighted by Gasteiger charge is 2.54. The first-order chi connectivity index (χ1) is 18.9. The Morgan fingerprint density at radius 1 is 1.30 bits per heavy atom. The van der Waals surface area contributed by atoms with Crippen LogP contribution in [0.4, 0.5) is 5.13 Å². The average molecular weight is 609 g/mol. The van der Waals surface area contributed by atoms with Gasteiger partial charge in [-0.3, -0.25) is 24.3 Å². The Hall–Kier alpha value is -3.69. The van der Waals surface area contributed by atoms with Gasteiger partial charge in [0.1, 0.15) is 21.8 Å². The van der Waals surface area contributed by atoms with Crippen molar-refractivity contribution in [1.82, 2.24) is 20.2 Å². The number of hydrogen-bond acceptors (Lipinski definition) is 13. The highest BCUT2D eigenvalue weighted by Crippen LogP contribution is 2.43. The molecule has 0 saturated carbocycles. The van der Waals surface area contributed by atoms with Gasteiger partial charge in [-0.2, -0.15) is 0 Å². The molecule has 4 heterocycles. The number of rotatable bonds is 8. The molecule has 2 aliphatic rings. The Kier molecular flexibility index (Phi) is 8.65. The first-order valence-corrected chi connectivity index (χ1v) is 13.9. The van der Waals surface area contributed by atoms with E-state index in [9.17, 15) is 24.4 Å². The number of thiazole rings is 1. The van der Waals surface area contributed by atoms with Crippen molar-refractivity contribution in [3.8, 4) is 0 Å². The van der Waals surface area contributed by atoms with Gasteiger partial charge in [-0.1, -0.05) is 39.9 Å². The van der Waals surface area contributed by atoms with Gasteiger partial charge in [0, 0.05) is 22.2 Å². The molecule has 4 rings (SSSR count). The Labute approximate surface area is 241 Å². The molecule has 2 aliphatic heterocycles. The van der Waals surface area contributed by atoms with Crippen LogP contribution in [0.2, 0.25) is 4.34 Å². The molecule has 1 saturated heterocycles. The number of β-lactam (4-membered cyclic amide) rings is 1. The molecule has 2 amide bonds.